The summed E-state index contributed by atoms with van der Waals surface area (Å²) in [7, 11) is 4.64. The van der Waals surface area contributed by atoms with Gasteiger partial charge in [0.15, 0.2) is 0 Å². The minimum absolute atomic E-state index is 0. The van der Waals surface area contributed by atoms with Gasteiger partial charge in [-0.1, -0.05) is 31.0 Å². The average molecular weight is 650 g/mol. The Hall–Kier alpha value is -2.26. The number of hydrogen-bond acceptors (Lipinski definition) is 3. The van der Waals surface area contributed by atoms with Crippen molar-refractivity contribution in [3.8, 4) is 11.3 Å². The van der Waals surface area contributed by atoms with Gasteiger partial charge in [-0.25, -0.2) is 4.98 Å². The van der Waals surface area contributed by atoms with Gasteiger partial charge < -0.3 is 19.3 Å². The molecule has 0 spiro atoms. The molecule has 3 nitrogen and oxygen atoms in total. The molecule has 0 N–H and O–H groups in total. The van der Waals surface area contributed by atoms with Crippen LogP contribution >= 0.6 is 9.58 Å². The van der Waals surface area contributed by atoms with Crippen LogP contribution in [0.2, 0.25) is 0 Å². The van der Waals surface area contributed by atoms with Gasteiger partial charge >= 0.3 is 27.5 Å². The summed E-state index contributed by atoms with van der Waals surface area (Å²) in [4.78, 5) is 9.41. The predicted octanol–water partition coefficient (Wildman–Crippen LogP) is 9.06. The number of halogens is 1. The van der Waals surface area contributed by atoms with Gasteiger partial charge in [0.1, 0.15) is 5.58 Å². The van der Waals surface area contributed by atoms with E-state index in [1.54, 1.807) is 0 Å². The Bertz CT molecular complexity index is 1440. The number of aromatic nitrogens is 2. The van der Waals surface area contributed by atoms with Crippen molar-refractivity contribution < 1.29 is 22.3 Å². The summed E-state index contributed by atoms with van der Waals surface area (Å²) >= 11 is 1.47. The van der Waals surface area contributed by atoms with Crippen molar-refractivity contribution in [1.82, 2.24) is 9.97 Å². The number of nitrogens with zero attached hydrogens (tertiary/aromatic N) is 2. The first-order valence-electron chi connectivity index (χ1n) is 11.0. The van der Waals surface area contributed by atoms with Crippen molar-refractivity contribution in [2.24, 2.45) is 0 Å². The van der Waals surface area contributed by atoms with E-state index in [0.717, 1.165) is 33.3 Å². The van der Waals surface area contributed by atoms with E-state index in [1.807, 2.05) is 19.2 Å². The second-order valence-corrected chi connectivity index (χ2v) is 8.72. The van der Waals surface area contributed by atoms with Crippen molar-refractivity contribution in [3.63, 3.8) is 0 Å². The van der Waals surface area contributed by atoms with Crippen LogP contribution in [0.5, 0.6) is 0 Å². The average Bonchev–Trinajstić information content (AvgIpc) is 3.47. The van der Waals surface area contributed by atoms with Crippen LogP contribution in [0.4, 0.5) is 0 Å². The molecule has 0 aliphatic heterocycles. The molecule has 1 saturated carbocycles. The van der Waals surface area contributed by atoms with Gasteiger partial charge in [-0.3, -0.25) is 4.98 Å². The van der Waals surface area contributed by atoms with Crippen molar-refractivity contribution in [1.29, 1.82) is 0 Å². The predicted molar refractivity (Wildman–Crippen MR) is 142 cm³/mol. The molecule has 178 valence electrons. The Morgan fingerprint density at radius 2 is 1.62 bits per heavy atom. The van der Waals surface area contributed by atoms with Crippen LogP contribution in [-0.2, 0) is 17.9 Å². The van der Waals surface area contributed by atoms with Gasteiger partial charge in [0.2, 0.25) is 5.71 Å². The molecule has 3 heterocycles. The van der Waals surface area contributed by atoms with Gasteiger partial charge in [-0.15, -0.1) is 0 Å². The number of benzene rings is 2. The molecule has 1 fully saturated rings. The molecule has 5 aromatic rings. The van der Waals surface area contributed by atoms with E-state index in [0.29, 0.717) is 11.6 Å². The van der Waals surface area contributed by atoms with Gasteiger partial charge in [-0.05, 0) is 79.5 Å². The molecule has 3 aromatic heterocycles. The number of aryl methyl sites for hydroxylation is 2. The minimum atomic E-state index is 0. The summed E-state index contributed by atoms with van der Waals surface area (Å²) in [5.41, 5.74) is 7.21. The van der Waals surface area contributed by atoms with E-state index in [4.69, 9.17) is 9.40 Å². The van der Waals surface area contributed by atoms with Crippen LogP contribution in [0.1, 0.15) is 48.4 Å². The third kappa shape index (κ3) is 4.64. The Morgan fingerprint density at radius 1 is 0.882 bits per heavy atom. The molecular formula is C29H30ClIrN2O. The van der Waals surface area contributed by atoms with Gasteiger partial charge in [0, 0.05) is 33.6 Å². The number of pyridine rings is 2. The number of fused-ring (bicyclic) bond motifs is 4. The van der Waals surface area contributed by atoms with Gasteiger partial charge in [-0.2, -0.15) is 0 Å². The fourth-order valence-electron chi connectivity index (χ4n) is 5.10. The van der Waals surface area contributed by atoms with E-state index >= 15 is 0 Å². The van der Waals surface area contributed by atoms with Gasteiger partial charge in [0.25, 0.3) is 0 Å². The van der Waals surface area contributed by atoms with Crippen molar-refractivity contribution in [3.05, 3.63) is 86.4 Å². The third-order valence-electron chi connectivity index (χ3n) is 6.59. The summed E-state index contributed by atoms with van der Waals surface area (Å²) in [6, 6.07) is 17.6. The monoisotopic (exact) mass is 650 g/mol. The molecule has 0 bridgehead atoms. The molecule has 0 amide bonds. The van der Waals surface area contributed by atoms with Gasteiger partial charge in [0.05, 0.1) is 5.69 Å². The zero-order chi connectivity index (χ0) is 22.2. The second kappa shape index (κ2) is 11.0. The number of hydrogen-bond donors (Lipinski definition) is 0. The molecule has 0 radical (unpaired) electrons. The molecule has 2 aromatic carbocycles. The standard InChI is InChI=1S/C27H24N2O.2CH3.ClH.Ir/c1-16-13-23-22-9-7-17(2)29-27(22)30-26(23)24(14-16)25-21-10-8-19(18-5-3-4-6-18)15-20(21)11-12-28-25;;;;/h7-15,18H,3-6H2,1-2H3;2*1H3;1H;/q;2*-1;;+3/p-1. The number of rotatable bonds is 2. The fraction of sp³-hybridized carbons (Fsp3) is 0.241. The Kier molecular flexibility index (Phi) is 8.52. The quantitative estimate of drug-likeness (QED) is 0.179. The summed E-state index contributed by atoms with van der Waals surface area (Å²) in [5, 5.41) is 4.60. The van der Waals surface area contributed by atoms with E-state index < -0.39 is 0 Å². The Morgan fingerprint density at radius 3 is 2.38 bits per heavy atom. The van der Waals surface area contributed by atoms with Crippen molar-refractivity contribution in [2.75, 3.05) is 0 Å². The van der Waals surface area contributed by atoms with Crippen LogP contribution in [0.25, 0.3) is 44.1 Å². The molecule has 5 heteroatoms. The second-order valence-electron chi connectivity index (χ2n) is 8.72. The normalized spacial score (nSPS) is 13.4. The van der Waals surface area contributed by atoms with Crippen LogP contribution < -0.4 is 0 Å². The van der Waals surface area contributed by atoms with E-state index in [2.05, 4.69) is 64.0 Å². The van der Waals surface area contributed by atoms with Crippen molar-refractivity contribution >= 4 is 42.4 Å². The van der Waals surface area contributed by atoms with E-state index in [1.165, 1.54) is 65.5 Å². The molecular weight excluding hydrogens is 620 g/mol. The maximum atomic E-state index is 6.28. The van der Waals surface area contributed by atoms with Crippen LogP contribution in [0.15, 0.2) is 59.1 Å². The fourth-order valence-corrected chi connectivity index (χ4v) is 5.10. The van der Waals surface area contributed by atoms with Crippen LogP contribution in [-0.4, -0.2) is 9.97 Å². The van der Waals surface area contributed by atoms with Crippen molar-refractivity contribution in [2.45, 2.75) is 45.4 Å². The number of furan rings is 1. The Balaban J connectivity index is 0.000000790. The summed E-state index contributed by atoms with van der Waals surface area (Å²) < 4.78 is 6.28. The molecule has 1 aliphatic carbocycles. The summed E-state index contributed by atoms with van der Waals surface area (Å²) in [5.74, 6) is 0.710. The SMILES string of the molecule is Cc1cc(-c2nccc3cc(C4CCCC4)ccc23)c2oc3nc(C)ccc3c2c1.[CH3-].[CH3-].[Cl][Ir+2]. The summed E-state index contributed by atoms with van der Waals surface area (Å²) in [6.07, 6.45) is 7.26. The first kappa shape index (κ1) is 26.3. The first-order valence-corrected chi connectivity index (χ1v) is 14.0. The topological polar surface area (TPSA) is 38.9 Å². The first-order chi connectivity index (χ1) is 15.7. The van der Waals surface area contributed by atoms with E-state index in [-0.39, 0.29) is 14.9 Å². The molecule has 0 saturated heterocycles. The van der Waals surface area contributed by atoms with Crippen LogP contribution in [0, 0.1) is 28.7 Å². The zero-order valence-electron chi connectivity index (χ0n) is 20.1. The van der Waals surface area contributed by atoms with E-state index in [9.17, 15) is 0 Å². The Labute approximate surface area is 217 Å². The maximum absolute atomic E-state index is 6.28. The zero-order valence-corrected chi connectivity index (χ0v) is 23.3. The molecule has 0 atom stereocenters. The molecule has 0 unspecified atom stereocenters. The third-order valence-corrected chi connectivity index (χ3v) is 6.59. The molecule has 34 heavy (non-hydrogen) atoms. The van der Waals surface area contributed by atoms with Crippen LogP contribution in [0.3, 0.4) is 0 Å². The molecule has 1 aliphatic rings. The molecule has 6 rings (SSSR count). The summed E-state index contributed by atoms with van der Waals surface area (Å²) in [6.45, 7) is 4.12.